The molecule has 0 radical (unpaired) electrons. The van der Waals surface area contributed by atoms with Gasteiger partial charge in [0.15, 0.2) is 0 Å². The van der Waals surface area contributed by atoms with Crippen LogP contribution in [0.15, 0.2) is 53.7 Å². The van der Waals surface area contributed by atoms with Crippen molar-refractivity contribution in [3.8, 4) is 5.69 Å². The molecule has 0 atom stereocenters. The van der Waals surface area contributed by atoms with Crippen LogP contribution in [0.25, 0.3) is 5.69 Å². The molecule has 1 heterocycles. The molecular weight excluding hydrogens is 396 g/mol. The highest BCUT2D eigenvalue weighted by atomic mass is 35.5. The van der Waals surface area contributed by atoms with E-state index in [-0.39, 0.29) is 11.7 Å². The molecule has 1 amide bonds. The minimum atomic E-state index is 0.00680. The molecule has 0 bridgehead atoms. The first kappa shape index (κ1) is 20.2. The fourth-order valence-electron chi connectivity index (χ4n) is 2.51. The second-order valence-electron chi connectivity index (χ2n) is 6.45. The molecular formula is C19H21ClN6OS. The highest BCUT2D eigenvalue weighted by Gasteiger charge is 2.14. The Morgan fingerprint density at radius 1 is 1.07 bits per heavy atom. The summed E-state index contributed by atoms with van der Waals surface area (Å²) in [6.07, 6.45) is 0. The Kier molecular flexibility index (Phi) is 6.53. The summed E-state index contributed by atoms with van der Waals surface area (Å²) in [6.45, 7) is 0.551. The maximum Gasteiger partial charge on any atom is 0.233 e. The summed E-state index contributed by atoms with van der Waals surface area (Å²) in [4.78, 5) is 16.3. The molecule has 9 heteroatoms. The van der Waals surface area contributed by atoms with Crippen LogP contribution in [0.3, 0.4) is 0 Å². The quantitative estimate of drug-likeness (QED) is 0.551. The topological polar surface area (TPSA) is 67.2 Å². The molecule has 0 fully saturated rings. The number of amides is 1. The molecule has 0 aliphatic carbocycles. The van der Waals surface area contributed by atoms with Crippen molar-refractivity contribution < 1.29 is 4.79 Å². The van der Waals surface area contributed by atoms with Gasteiger partial charge >= 0.3 is 0 Å². The van der Waals surface area contributed by atoms with E-state index >= 15 is 0 Å². The van der Waals surface area contributed by atoms with Gasteiger partial charge in [-0.25, -0.2) is 0 Å². The summed E-state index contributed by atoms with van der Waals surface area (Å²) in [5, 5.41) is 12.9. The number of nitrogens with zero attached hydrogens (tertiary/aromatic N) is 6. The van der Waals surface area contributed by atoms with Crippen LogP contribution >= 0.6 is 23.4 Å². The molecule has 146 valence electrons. The first-order valence-electron chi connectivity index (χ1n) is 8.61. The first-order chi connectivity index (χ1) is 13.4. The Labute approximate surface area is 173 Å². The second-order valence-corrected chi connectivity index (χ2v) is 7.83. The largest absolute Gasteiger partial charge is 0.378 e. The number of carbonyl (C=O) groups excluding carboxylic acids is 1. The summed E-state index contributed by atoms with van der Waals surface area (Å²) in [6, 6.07) is 15.4. The van der Waals surface area contributed by atoms with E-state index in [4.69, 9.17) is 11.6 Å². The van der Waals surface area contributed by atoms with Crippen LogP contribution in [0.5, 0.6) is 0 Å². The lowest BCUT2D eigenvalue weighted by atomic mass is 10.2. The summed E-state index contributed by atoms with van der Waals surface area (Å²) >= 11 is 7.22. The third-order valence-corrected chi connectivity index (χ3v) is 5.29. The van der Waals surface area contributed by atoms with E-state index in [9.17, 15) is 4.79 Å². The van der Waals surface area contributed by atoms with E-state index in [0.717, 1.165) is 16.9 Å². The van der Waals surface area contributed by atoms with Crippen LogP contribution in [-0.4, -0.2) is 57.9 Å². The van der Waals surface area contributed by atoms with Gasteiger partial charge in [0.25, 0.3) is 0 Å². The molecule has 0 aliphatic rings. The molecule has 0 N–H and O–H groups in total. The normalized spacial score (nSPS) is 10.7. The lowest BCUT2D eigenvalue weighted by molar-refractivity contribution is -0.127. The molecule has 1 aromatic heterocycles. The highest BCUT2D eigenvalue weighted by molar-refractivity contribution is 7.99. The van der Waals surface area contributed by atoms with Crippen LogP contribution in [0.1, 0.15) is 5.56 Å². The van der Waals surface area contributed by atoms with Crippen molar-refractivity contribution in [3.63, 3.8) is 0 Å². The van der Waals surface area contributed by atoms with E-state index in [2.05, 4.69) is 15.5 Å². The molecule has 0 unspecified atom stereocenters. The molecule has 0 saturated heterocycles. The van der Waals surface area contributed by atoms with Gasteiger partial charge in [0.2, 0.25) is 11.1 Å². The van der Waals surface area contributed by atoms with Crippen LogP contribution in [-0.2, 0) is 11.3 Å². The van der Waals surface area contributed by atoms with Crippen LogP contribution < -0.4 is 4.90 Å². The molecule has 0 spiro atoms. The van der Waals surface area contributed by atoms with E-state index < -0.39 is 0 Å². The molecule has 3 rings (SSSR count). The van der Waals surface area contributed by atoms with Crippen LogP contribution in [0, 0.1) is 0 Å². The van der Waals surface area contributed by atoms with Crippen molar-refractivity contribution >= 4 is 35.0 Å². The maximum atomic E-state index is 12.5. The lowest BCUT2D eigenvalue weighted by Crippen LogP contribution is -2.28. The number of halogens is 1. The number of thioether (sulfide) groups is 1. The molecule has 0 saturated carbocycles. The third kappa shape index (κ3) is 5.02. The zero-order valence-corrected chi connectivity index (χ0v) is 17.5. The SMILES string of the molecule is CN(Cc1ccc(N(C)C)cc1)C(=O)CSc1nnnn1-c1ccc(Cl)cc1. The average molecular weight is 417 g/mol. The monoisotopic (exact) mass is 416 g/mol. The minimum Gasteiger partial charge on any atom is -0.378 e. The summed E-state index contributed by atoms with van der Waals surface area (Å²) in [7, 11) is 5.80. The lowest BCUT2D eigenvalue weighted by Gasteiger charge is -2.18. The Hall–Kier alpha value is -2.58. The van der Waals surface area contributed by atoms with Gasteiger partial charge in [0.1, 0.15) is 0 Å². The second kappa shape index (κ2) is 9.07. The van der Waals surface area contributed by atoms with Crippen molar-refractivity contribution in [3.05, 3.63) is 59.1 Å². The summed E-state index contributed by atoms with van der Waals surface area (Å²) < 4.78 is 1.59. The zero-order chi connectivity index (χ0) is 20.1. The van der Waals surface area contributed by atoms with Gasteiger partial charge in [0, 0.05) is 38.4 Å². The Balaban J connectivity index is 1.58. The van der Waals surface area contributed by atoms with Gasteiger partial charge < -0.3 is 9.80 Å². The number of benzene rings is 2. The van der Waals surface area contributed by atoms with E-state index in [1.807, 2.05) is 55.4 Å². The van der Waals surface area contributed by atoms with Crippen molar-refractivity contribution in [1.29, 1.82) is 0 Å². The first-order valence-corrected chi connectivity index (χ1v) is 9.98. The Morgan fingerprint density at radius 2 is 1.75 bits per heavy atom. The minimum absolute atomic E-state index is 0.00680. The number of rotatable bonds is 7. The molecule has 2 aromatic carbocycles. The van der Waals surface area contributed by atoms with Gasteiger partial charge in [-0.1, -0.05) is 35.5 Å². The van der Waals surface area contributed by atoms with Crippen LogP contribution in [0.4, 0.5) is 5.69 Å². The number of aromatic nitrogens is 4. The smallest absolute Gasteiger partial charge is 0.233 e. The fourth-order valence-corrected chi connectivity index (χ4v) is 3.47. The standard InChI is InChI=1S/C19H21ClN6OS/c1-24(2)16-8-4-14(5-9-16)12-25(3)18(27)13-28-19-21-22-23-26(19)17-10-6-15(20)7-11-17/h4-11H,12-13H2,1-3H3. The van der Waals surface area contributed by atoms with Crippen molar-refractivity contribution in [1.82, 2.24) is 25.1 Å². The number of anilines is 1. The number of hydrogen-bond donors (Lipinski definition) is 0. The van der Waals surface area contributed by atoms with Crippen molar-refractivity contribution in [2.45, 2.75) is 11.7 Å². The van der Waals surface area contributed by atoms with E-state index in [0.29, 0.717) is 16.7 Å². The van der Waals surface area contributed by atoms with E-state index in [1.165, 1.54) is 11.8 Å². The predicted molar refractivity (Wildman–Crippen MR) is 112 cm³/mol. The number of carbonyl (C=O) groups is 1. The van der Waals surface area contributed by atoms with Gasteiger partial charge in [-0.3, -0.25) is 4.79 Å². The highest BCUT2D eigenvalue weighted by Crippen LogP contribution is 2.20. The Bertz CT molecular complexity index is 926. The van der Waals surface area contributed by atoms with Crippen molar-refractivity contribution in [2.75, 3.05) is 31.8 Å². The average Bonchev–Trinajstić information content (AvgIpc) is 3.15. The molecule has 28 heavy (non-hydrogen) atoms. The summed E-state index contributed by atoms with van der Waals surface area (Å²) in [5.41, 5.74) is 3.00. The zero-order valence-electron chi connectivity index (χ0n) is 15.9. The number of tetrazole rings is 1. The molecule has 0 aliphatic heterocycles. The molecule has 7 nitrogen and oxygen atoms in total. The maximum absolute atomic E-state index is 12.5. The van der Waals surface area contributed by atoms with E-state index in [1.54, 1.807) is 28.8 Å². The fraction of sp³-hybridized carbons (Fsp3) is 0.263. The third-order valence-electron chi connectivity index (χ3n) is 4.14. The van der Waals surface area contributed by atoms with Crippen molar-refractivity contribution in [2.24, 2.45) is 0 Å². The van der Waals surface area contributed by atoms with Gasteiger partial charge in [0.05, 0.1) is 11.4 Å². The van der Waals surface area contributed by atoms with Gasteiger partial charge in [-0.15, -0.1) is 5.10 Å². The Morgan fingerprint density at radius 3 is 2.39 bits per heavy atom. The van der Waals surface area contributed by atoms with Gasteiger partial charge in [-0.05, 0) is 52.4 Å². The molecule has 3 aromatic rings. The van der Waals surface area contributed by atoms with Crippen LogP contribution in [0.2, 0.25) is 5.02 Å². The predicted octanol–water partition coefficient (Wildman–Crippen LogP) is 3.13. The summed E-state index contributed by atoms with van der Waals surface area (Å²) in [5.74, 6) is 0.257. The number of hydrogen-bond acceptors (Lipinski definition) is 6. The van der Waals surface area contributed by atoms with Gasteiger partial charge in [-0.2, -0.15) is 4.68 Å².